The number of benzene rings is 1. The molecule has 1 aliphatic carbocycles. The van der Waals surface area contributed by atoms with Gasteiger partial charge >= 0.3 is 0 Å². The number of carbonyl (C=O) groups excluding carboxylic acids is 1. The Hall–Kier alpha value is -2.47. The van der Waals surface area contributed by atoms with Gasteiger partial charge in [0.15, 0.2) is 0 Å². The molecule has 6 nitrogen and oxygen atoms in total. The van der Waals surface area contributed by atoms with Crippen LogP contribution in [0.1, 0.15) is 26.7 Å². The van der Waals surface area contributed by atoms with E-state index in [-0.39, 0.29) is 11.8 Å². The molecule has 1 saturated heterocycles. The van der Waals surface area contributed by atoms with Crippen LogP contribution < -0.4 is 9.80 Å². The van der Waals surface area contributed by atoms with E-state index in [9.17, 15) is 4.79 Å². The molecular weight excluding hydrogens is 350 g/mol. The number of aromatic nitrogens is 2. The van der Waals surface area contributed by atoms with E-state index in [0.29, 0.717) is 6.04 Å². The number of nitrogens with zero attached hydrogens (tertiary/aromatic N) is 5. The molecule has 2 aliphatic rings. The molecule has 2 fully saturated rings. The first-order chi connectivity index (χ1) is 13.5. The Morgan fingerprint density at radius 1 is 1.04 bits per heavy atom. The largest absolute Gasteiger partial charge is 0.353 e. The van der Waals surface area contributed by atoms with Gasteiger partial charge < -0.3 is 9.80 Å². The van der Waals surface area contributed by atoms with E-state index in [1.54, 1.807) is 4.90 Å². The average molecular weight is 380 g/mol. The second-order valence-electron chi connectivity index (χ2n) is 8.10. The first-order valence-electron chi connectivity index (χ1n) is 10.2. The number of hydrogen-bond acceptors (Lipinski definition) is 5. The normalized spacial score (nSPS) is 17.8. The standard InChI is InChI=1S/C22H29N5O/c1-16(2)26-10-12-27(13-11-26)21-15-23-20(14-24-21)17-6-8-19(9-7-17)25(3)22(28)18-4-5-18/h6-9,14-16,18H,4-5,10-13H2,1-3H3. The average Bonchev–Trinajstić information content (AvgIpc) is 3.58. The second-order valence-corrected chi connectivity index (χ2v) is 8.10. The minimum atomic E-state index is 0.217. The van der Waals surface area contributed by atoms with E-state index in [1.807, 2.05) is 43.7 Å². The molecule has 1 aromatic carbocycles. The van der Waals surface area contributed by atoms with Gasteiger partial charge in [-0.05, 0) is 38.8 Å². The van der Waals surface area contributed by atoms with Crippen molar-refractivity contribution in [2.45, 2.75) is 32.7 Å². The van der Waals surface area contributed by atoms with Gasteiger partial charge in [-0.2, -0.15) is 0 Å². The summed E-state index contributed by atoms with van der Waals surface area (Å²) in [4.78, 5) is 28.0. The molecule has 0 N–H and O–H groups in total. The summed E-state index contributed by atoms with van der Waals surface area (Å²) in [6.45, 7) is 8.60. The van der Waals surface area contributed by atoms with Gasteiger partial charge in [-0.1, -0.05) is 12.1 Å². The van der Waals surface area contributed by atoms with Crippen LogP contribution in [0.4, 0.5) is 11.5 Å². The molecule has 4 rings (SSSR count). The summed E-state index contributed by atoms with van der Waals surface area (Å²) in [7, 11) is 1.85. The zero-order valence-electron chi connectivity index (χ0n) is 17.0. The molecule has 1 aliphatic heterocycles. The van der Waals surface area contributed by atoms with Crippen LogP contribution in [0.2, 0.25) is 0 Å². The maximum absolute atomic E-state index is 12.2. The molecule has 1 amide bonds. The number of anilines is 2. The van der Waals surface area contributed by atoms with E-state index in [1.165, 1.54) is 0 Å². The van der Waals surface area contributed by atoms with E-state index >= 15 is 0 Å². The van der Waals surface area contributed by atoms with Crippen molar-refractivity contribution >= 4 is 17.4 Å². The molecule has 2 heterocycles. The van der Waals surface area contributed by atoms with Crippen LogP contribution in [0.5, 0.6) is 0 Å². The van der Waals surface area contributed by atoms with Gasteiger partial charge in [0.25, 0.3) is 0 Å². The van der Waals surface area contributed by atoms with E-state index in [0.717, 1.165) is 61.8 Å². The molecular formula is C22H29N5O. The third kappa shape index (κ3) is 4.02. The van der Waals surface area contributed by atoms with Gasteiger partial charge in [-0.25, -0.2) is 4.98 Å². The molecule has 1 aromatic heterocycles. The lowest BCUT2D eigenvalue weighted by Gasteiger charge is -2.37. The Bertz CT molecular complexity index is 806. The summed E-state index contributed by atoms with van der Waals surface area (Å²) < 4.78 is 0. The number of hydrogen-bond donors (Lipinski definition) is 0. The van der Waals surface area contributed by atoms with Crippen molar-refractivity contribution in [3.63, 3.8) is 0 Å². The van der Waals surface area contributed by atoms with Gasteiger partial charge in [-0.15, -0.1) is 0 Å². The summed E-state index contributed by atoms with van der Waals surface area (Å²) in [5.74, 6) is 1.39. The molecule has 28 heavy (non-hydrogen) atoms. The minimum Gasteiger partial charge on any atom is -0.353 e. The number of carbonyl (C=O) groups is 1. The summed E-state index contributed by atoms with van der Waals surface area (Å²) in [6.07, 6.45) is 5.76. The fourth-order valence-electron chi connectivity index (χ4n) is 3.69. The van der Waals surface area contributed by atoms with Crippen LogP contribution in [0, 0.1) is 5.92 Å². The highest BCUT2D eigenvalue weighted by Gasteiger charge is 2.32. The number of rotatable bonds is 5. The minimum absolute atomic E-state index is 0.217. The molecule has 0 unspecified atom stereocenters. The smallest absolute Gasteiger partial charge is 0.229 e. The summed E-state index contributed by atoms with van der Waals surface area (Å²) in [6, 6.07) is 8.58. The maximum Gasteiger partial charge on any atom is 0.229 e. The fourth-order valence-corrected chi connectivity index (χ4v) is 3.69. The van der Waals surface area contributed by atoms with Gasteiger partial charge in [0, 0.05) is 56.4 Å². The first-order valence-corrected chi connectivity index (χ1v) is 10.2. The monoisotopic (exact) mass is 379 g/mol. The highest BCUT2D eigenvalue weighted by atomic mass is 16.2. The van der Waals surface area contributed by atoms with Crippen LogP contribution >= 0.6 is 0 Å². The first kappa shape index (κ1) is 18.9. The Balaban J connectivity index is 1.40. The van der Waals surface area contributed by atoms with Crippen LogP contribution in [-0.4, -0.2) is 60.0 Å². The molecule has 0 radical (unpaired) electrons. The van der Waals surface area contributed by atoms with Crippen molar-refractivity contribution < 1.29 is 4.79 Å². The van der Waals surface area contributed by atoms with Crippen LogP contribution in [0.25, 0.3) is 11.3 Å². The summed E-state index contributed by atoms with van der Waals surface area (Å²) >= 11 is 0. The van der Waals surface area contributed by atoms with Crippen molar-refractivity contribution in [2.24, 2.45) is 5.92 Å². The second kappa shape index (κ2) is 7.87. The molecule has 1 saturated carbocycles. The fraction of sp³-hybridized carbons (Fsp3) is 0.500. The summed E-state index contributed by atoms with van der Waals surface area (Å²) in [5.41, 5.74) is 2.79. The summed E-state index contributed by atoms with van der Waals surface area (Å²) in [5, 5.41) is 0. The lowest BCUT2D eigenvalue weighted by molar-refractivity contribution is -0.119. The third-order valence-corrected chi connectivity index (χ3v) is 5.81. The molecule has 2 aromatic rings. The van der Waals surface area contributed by atoms with Gasteiger partial charge in [0.2, 0.25) is 5.91 Å². The van der Waals surface area contributed by atoms with Crippen LogP contribution in [0.3, 0.4) is 0 Å². The Kier molecular flexibility index (Phi) is 5.31. The predicted molar refractivity (Wildman–Crippen MR) is 113 cm³/mol. The SMILES string of the molecule is CC(C)N1CCN(c2cnc(-c3ccc(N(C)C(=O)C4CC4)cc3)cn2)CC1. The zero-order chi connectivity index (χ0) is 19.7. The third-order valence-electron chi connectivity index (χ3n) is 5.81. The number of piperazine rings is 1. The van der Waals surface area contributed by atoms with E-state index in [4.69, 9.17) is 0 Å². The Morgan fingerprint density at radius 2 is 1.71 bits per heavy atom. The van der Waals surface area contributed by atoms with E-state index < -0.39 is 0 Å². The Labute approximate surface area is 167 Å². The topological polar surface area (TPSA) is 52.6 Å². The van der Waals surface area contributed by atoms with Crippen molar-refractivity contribution in [3.8, 4) is 11.3 Å². The number of amides is 1. The van der Waals surface area contributed by atoms with E-state index in [2.05, 4.69) is 33.6 Å². The molecule has 6 heteroatoms. The van der Waals surface area contributed by atoms with Gasteiger partial charge in [-0.3, -0.25) is 14.7 Å². The molecule has 148 valence electrons. The molecule has 0 spiro atoms. The maximum atomic E-state index is 12.2. The predicted octanol–water partition coefficient (Wildman–Crippen LogP) is 3.05. The lowest BCUT2D eigenvalue weighted by atomic mass is 10.1. The van der Waals surface area contributed by atoms with Crippen molar-refractivity contribution in [2.75, 3.05) is 43.0 Å². The van der Waals surface area contributed by atoms with Crippen molar-refractivity contribution in [1.82, 2.24) is 14.9 Å². The van der Waals surface area contributed by atoms with Crippen LogP contribution in [-0.2, 0) is 4.79 Å². The van der Waals surface area contributed by atoms with Crippen LogP contribution in [0.15, 0.2) is 36.7 Å². The quantitative estimate of drug-likeness (QED) is 0.799. The zero-order valence-corrected chi connectivity index (χ0v) is 17.0. The van der Waals surface area contributed by atoms with Gasteiger partial charge in [0.1, 0.15) is 5.82 Å². The highest BCUT2D eigenvalue weighted by Crippen LogP contribution is 2.32. The van der Waals surface area contributed by atoms with Crippen molar-refractivity contribution in [1.29, 1.82) is 0 Å². The molecule has 0 bridgehead atoms. The van der Waals surface area contributed by atoms with Gasteiger partial charge in [0.05, 0.1) is 18.1 Å². The lowest BCUT2D eigenvalue weighted by Crippen LogP contribution is -2.49. The highest BCUT2D eigenvalue weighted by molar-refractivity contribution is 5.96. The Morgan fingerprint density at radius 3 is 2.25 bits per heavy atom. The molecule has 0 atom stereocenters. The van der Waals surface area contributed by atoms with Crippen molar-refractivity contribution in [3.05, 3.63) is 36.7 Å².